The maximum atomic E-state index is 10.2. The van der Waals surface area contributed by atoms with Crippen LogP contribution in [0.2, 0.25) is 0 Å². The van der Waals surface area contributed by atoms with E-state index >= 15 is 0 Å². The lowest BCUT2D eigenvalue weighted by molar-refractivity contribution is 0.173. The Hall–Kier alpha value is -1.39. The fourth-order valence-corrected chi connectivity index (χ4v) is 2.43. The van der Waals surface area contributed by atoms with Crippen molar-refractivity contribution in [3.63, 3.8) is 0 Å². The lowest BCUT2D eigenvalue weighted by atomic mass is 10.0. The number of hydrogen-bond donors (Lipinski definition) is 1. The van der Waals surface area contributed by atoms with Gasteiger partial charge in [-0.3, -0.25) is 4.98 Å². The predicted octanol–water partition coefficient (Wildman–Crippen LogP) is 3.44. The van der Waals surface area contributed by atoms with Crippen LogP contribution in [0.15, 0.2) is 41.0 Å². The van der Waals surface area contributed by atoms with Crippen LogP contribution in [0.5, 0.6) is 5.75 Å². The first kappa shape index (κ1) is 14.0. The number of ether oxygens (including phenoxy) is 1. The molecule has 1 aromatic carbocycles. The van der Waals surface area contributed by atoms with Gasteiger partial charge >= 0.3 is 0 Å². The molecule has 1 atom stereocenters. The molecule has 19 heavy (non-hydrogen) atoms. The molecule has 0 radical (unpaired) electrons. The Labute approximate surface area is 121 Å². The van der Waals surface area contributed by atoms with Crippen LogP contribution in [0.25, 0.3) is 0 Å². The number of aliphatic hydroxyl groups excluding tert-OH is 1. The Morgan fingerprint density at radius 3 is 2.68 bits per heavy atom. The first-order valence-corrected chi connectivity index (χ1v) is 6.82. The highest BCUT2D eigenvalue weighted by Gasteiger charge is 2.11. The van der Waals surface area contributed by atoms with Crippen molar-refractivity contribution >= 4 is 15.9 Å². The minimum Gasteiger partial charge on any atom is -0.496 e. The molecule has 3 nitrogen and oxygen atoms in total. The van der Waals surface area contributed by atoms with Crippen molar-refractivity contribution in [1.82, 2.24) is 4.98 Å². The van der Waals surface area contributed by atoms with E-state index in [1.54, 1.807) is 13.3 Å². The van der Waals surface area contributed by atoms with Crippen LogP contribution in [-0.4, -0.2) is 17.2 Å². The van der Waals surface area contributed by atoms with Gasteiger partial charge in [0.05, 0.1) is 23.4 Å². The molecule has 1 heterocycles. The van der Waals surface area contributed by atoms with Gasteiger partial charge in [0.25, 0.3) is 0 Å². The van der Waals surface area contributed by atoms with Crippen LogP contribution in [0, 0.1) is 6.92 Å². The van der Waals surface area contributed by atoms with E-state index in [0.717, 1.165) is 21.3 Å². The molecule has 0 saturated heterocycles. The minimum atomic E-state index is -0.596. The largest absolute Gasteiger partial charge is 0.496 e. The van der Waals surface area contributed by atoms with Gasteiger partial charge in [0.15, 0.2) is 0 Å². The lowest BCUT2D eigenvalue weighted by Gasteiger charge is -2.11. The molecule has 100 valence electrons. The summed E-state index contributed by atoms with van der Waals surface area (Å²) in [6.45, 7) is 1.98. The quantitative estimate of drug-likeness (QED) is 0.938. The zero-order valence-corrected chi connectivity index (χ0v) is 12.5. The number of aromatic nitrogens is 1. The number of pyridine rings is 1. The zero-order chi connectivity index (χ0) is 13.8. The standard InChI is InChI=1S/C15H16BrNO2/c1-10-3-5-13(17-9-10)14(18)8-11-4-6-15(19-2)12(16)7-11/h3-7,9,14,18H,8H2,1-2H3. The molecule has 0 bridgehead atoms. The number of nitrogens with zero attached hydrogens (tertiary/aromatic N) is 1. The number of aliphatic hydroxyl groups is 1. The van der Waals surface area contributed by atoms with Crippen LogP contribution in [0.1, 0.15) is 22.9 Å². The highest BCUT2D eigenvalue weighted by atomic mass is 79.9. The van der Waals surface area contributed by atoms with Crippen molar-refractivity contribution in [3.8, 4) is 5.75 Å². The normalized spacial score (nSPS) is 12.2. The van der Waals surface area contributed by atoms with Crippen LogP contribution >= 0.6 is 15.9 Å². The van der Waals surface area contributed by atoms with E-state index in [4.69, 9.17) is 4.74 Å². The molecular formula is C15H16BrNO2. The highest BCUT2D eigenvalue weighted by Crippen LogP contribution is 2.27. The smallest absolute Gasteiger partial charge is 0.133 e. The van der Waals surface area contributed by atoms with E-state index in [1.165, 1.54) is 0 Å². The summed E-state index contributed by atoms with van der Waals surface area (Å²) in [5, 5.41) is 10.2. The maximum Gasteiger partial charge on any atom is 0.133 e. The van der Waals surface area contributed by atoms with Crippen molar-refractivity contribution in [3.05, 3.63) is 57.8 Å². The predicted molar refractivity (Wildman–Crippen MR) is 78.3 cm³/mol. The fraction of sp³-hybridized carbons (Fsp3) is 0.267. The van der Waals surface area contributed by atoms with E-state index in [-0.39, 0.29) is 0 Å². The second-order valence-electron chi connectivity index (χ2n) is 4.45. The number of aryl methyl sites for hydroxylation is 1. The fourth-order valence-electron chi connectivity index (χ4n) is 1.84. The van der Waals surface area contributed by atoms with E-state index in [9.17, 15) is 5.11 Å². The molecule has 1 aromatic heterocycles. The second-order valence-corrected chi connectivity index (χ2v) is 5.30. The van der Waals surface area contributed by atoms with Crippen LogP contribution < -0.4 is 4.74 Å². The van der Waals surface area contributed by atoms with Crippen LogP contribution in [-0.2, 0) is 6.42 Å². The van der Waals surface area contributed by atoms with Crippen LogP contribution in [0.4, 0.5) is 0 Å². The third-order valence-electron chi connectivity index (χ3n) is 2.92. The van der Waals surface area contributed by atoms with Crippen molar-refractivity contribution in [2.45, 2.75) is 19.4 Å². The summed E-state index contributed by atoms with van der Waals surface area (Å²) in [7, 11) is 1.63. The first-order chi connectivity index (χ1) is 9.10. The zero-order valence-electron chi connectivity index (χ0n) is 10.9. The van der Waals surface area contributed by atoms with Crippen molar-refractivity contribution in [1.29, 1.82) is 0 Å². The van der Waals surface area contributed by atoms with Gasteiger partial charge in [-0.05, 0) is 52.2 Å². The third kappa shape index (κ3) is 3.55. The molecule has 0 fully saturated rings. The average molecular weight is 322 g/mol. The third-order valence-corrected chi connectivity index (χ3v) is 3.54. The van der Waals surface area contributed by atoms with Crippen molar-refractivity contribution < 1.29 is 9.84 Å². The highest BCUT2D eigenvalue weighted by molar-refractivity contribution is 9.10. The van der Waals surface area contributed by atoms with Gasteiger partial charge in [-0.25, -0.2) is 0 Å². The van der Waals surface area contributed by atoms with Gasteiger partial charge in [0, 0.05) is 12.6 Å². The molecule has 0 aliphatic carbocycles. The molecule has 0 aliphatic heterocycles. The molecule has 0 aliphatic rings. The lowest BCUT2D eigenvalue weighted by Crippen LogP contribution is -2.04. The summed E-state index contributed by atoms with van der Waals surface area (Å²) >= 11 is 3.44. The Morgan fingerprint density at radius 1 is 1.32 bits per heavy atom. The van der Waals surface area contributed by atoms with Gasteiger partial charge < -0.3 is 9.84 Å². The Morgan fingerprint density at radius 2 is 2.11 bits per heavy atom. The number of halogens is 1. The van der Waals surface area contributed by atoms with Gasteiger partial charge in [0.2, 0.25) is 0 Å². The van der Waals surface area contributed by atoms with Gasteiger partial charge in [-0.2, -0.15) is 0 Å². The summed E-state index contributed by atoms with van der Waals surface area (Å²) in [5.74, 6) is 0.784. The molecule has 0 saturated carbocycles. The van der Waals surface area contributed by atoms with Crippen LogP contribution in [0.3, 0.4) is 0 Å². The van der Waals surface area contributed by atoms with E-state index in [1.807, 2.05) is 37.3 Å². The minimum absolute atomic E-state index is 0.526. The van der Waals surface area contributed by atoms with E-state index in [0.29, 0.717) is 12.1 Å². The van der Waals surface area contributed by atoms with Crippen molar-refractivity contribution in [2.24, 2.45) is 0 Å². The SMILES string of the molecule is COc1ccc(CC(O)c2ccc(C)cn2)cc1Br. The van der Waals surface area contributed by atoms with Gasteiger partial charge in [0.1, 0.15) is 5.75 Å². The molecule has 2 aromatic rings. The van der Waals surface area contributed by atoms with Gasteiger partial charge in [-0.15, -0.1) is 0 Å². The second kappa shape index (κ2) is 6.17. The summed E-state index contributed by atoms with van der Waals surface area (Å²) in [4.78, 5) is 4.24. The molecule has 0 spiro atoms. The summed E-state index contributed by atoms with van der Waals surface area (Å²) in [6.07, 6.45) is 1.70. The monoisotopic (exact) mass is 321 g/mol. The number of methoxy groups -OCH3 is 1. The molecular weight excluding hydrogens is 306 g/mol. The Kier molecular flexibility index (Phi) is 4.56. The molecule has 0 amide bonds. The first-order valence-electron chi connectivity index (χ1n) is 6.03. The average Bonchev–Trinajstić information content (AvgIpc) is 2.39. The summed E-state index contributed by atoms with van der Waals surface area (Å²) in [6, 6.07) is 9.60. The summed E-state index contributed by atoms with van der Waals surface area (Å²) < 4.78 is 6.07. The molecule has 2 rings (SSSR count). The maximum absolute atomic E-state index is 10.2. The van der Waals surface area contributed by atoms with E-state index < -0.39 is 6.10 Å². The van der Waals surface area contributed by atoms with E-state index in [2.05, 4.69) is 20.9 Å². The number of rotatable bonds is 4. The Bertz CT molecular complexity index is 555. The molecule has 4 heteroatoms. The van der Waals surface area contributed by atoms with Crippen molar-refractivity contribution in [2.75, 3.05) is 7.11 Å². The number of benzene rings is 1. The molecule has 1 unspecified atom stereocenters. The summed E-state index contributed by atoms with van der Waals surface area (Å²) in [5.41, 5.74) is 2.81. The molecule has 1 N–H and O–H groups in total. The van der Waals surface area contributed by atoms with Gasteiger partial charge in [-0.1, -0.05) is 12.1 Å². The topological polar surface area (TPSA) is 42.4 Å². The Balaban J connectivity index is 2.12. The number of hydrogen-bond acceptors (Lipinski definition) is 3.